The van der Waals surface area contributed by atoms with Crippen LogP contribution in [0.5, 0.6) is 0 Å². The number of hydrogen-bond acceptors (Lipinski definition) is 1. The van der Waals surface area contributed by atoms with E-state index in [1.165, 1.54) is 0 Å². The molecule has 2 N–H and O–H groups in total. The van der Waals surface area contributed by atoms with E-state index in [-0.39, 0.29) is 0 Å². The second kappa shape index (κ2) is 3.46. The fourth-order valence-corrected chi connectivity index (χ4v) is 1.47. The van der Waals surface area contributed by atoms with Crippen LogP contribution < -0.4 is 5.73 Å². The van der Waals surface area contributed by atoms with E-state index in [4.69, 9.17) is 17.3 Å². The molecule has 4 heteroatoms. The van der Waals surface area contributed by atoms with Gasteiger partial charge in [-0.3, -0.25) is 4.79 Å². The Labute approximate surface area is 83.8 Å². The number of amides is 1. The van der Waals surface area contributed by atoms with Gasteiger partial charge in [-0.2, -0.15) is 0 Å². The lowest BCUT2D eigenvalue weighted by Crippen LogP contribution is -2.12. The molecule has 0 unspecified atom stereocenters. The zero-order valence-electron chi connectivity index (χ0n) is 6.40. The lowest BCUT2D eigenvalue weighted by Gasteiger charge is -2.03. The second-order valence-corrected chi connectivity index (χ2v) is 3.71. The molecule has 0 heterocycles. The van der Waals surface area contributed by atoms with Gasteiger partial charge in [-0.25, -0.2) is 0 Å². The number of rotatable bonds is 1. The van der Waals surface area contributed by atoms with Crippen molar-refractivity contribution in [3.05, 3.63) is 32.8 Å². The van der Waals surface area contributed by atoms with Gasteiger partial charge in [0, 0.05) is 10.0 Å². The lowest BCUT2D eigenvalue weighted by atomic mass is 10.1. The topological polar surface area (TPSA) is 43.1 Å². The molecule has 0 aliphatic heterocycles. The molecule has 1 amide bonds. The molecule has 0 bridgehead atoms. The van der Waals surface area contributed by atoms with Crippen LogP contribution in [0.3, 0.4) is 0 Å². The van der Waals surface area contributed by atoms with Crippen LogP contribution in [0.2, 0.25) is 5.02 Å². The number of carbonyl (C=O) groups excluding carboxylic acids is 1. The molecule has 0 atom stereocenters. The van der Waals surface area contributed by atoms with Gasteiger partial charge in [0.2, 0.25) is 5.91 Å². The number of nitrogens with two attached hydrogens (primary N) is 1. The van der Waals surface area contributed by atoms with Crippen LogP contribution in [-0.4, -0.2) is 5.91 Å². The van der Waals surface area contributed by atoms with E-state index in [1.54, 1.807) is 19.1 Å². The lowest BCUT2D eigenvalue weighted by molar-refractivity contribution is 0.0999. The summed E-state index contributed by atoms with van der Waals surface area (Å²) in [4.78, 5) is 10.8. The van der Waals surface area contributed by atoms with Crippen molar-refractivity contribution in [3.8, 4) is 0 Å². The first-order valence-corrected chi connectivity index (χ1v) is 4.45. The van der Waals surface area contributed by atoms with Crippen LogP contribution in [0.15, 0.2) is 16.6 Å². The zero-order valence-corrected chi connectivity index (χ0v) is 8.74. The van der Waals surface area contributed by atoms with Crippen LogP contribution in [0.25, 0.3) is 0 Å². The van der Waals surface area contributed by atoms with E-state index in [0.29, 0.717) is 15.1 Å². The molecule has 64 valence electrons. The Kier molecular flexibility index (Phi) is 2.75. The number of carbonyl (C=O) groups is 1. The van der Waals surface area contributed by atoms with Crippen LogP contribution in [-0.2, 0) is 0 Å². The molecule has 0 spiro atoms. The predicted octanol–water partition coefficient (Wildman–Crippen LogP) is 2.51. The molecular weight excluding hydrogens is 241 g/mol. The van der Waals surface area contributed by atoms with Gasteiger partial charge in [0.15, 0.2) is 0 Å². The fourth-order valence-electron chi connectivity index (χ4n) is 0.912. The molecular formula is C8H7BrClNO. The summed E-state index contributed by atoms with van der Waals surface area (Å²) >= 11 is 9.00. The Balaban J connectivity index is 3.33. The molecule has 1 aromatic rings. The third kappa shape index (κ3) is 1.79. The van der Waals surface area contributed by atoms with Gasteiger partial charge in [-0.15, -0.1) is 0 Å². The maximum atomic E-state index is 10.8. The number of benzene rings is 1. The maximum Gasteiger partial charge on any atom is 0.249 e. The van der Waals surface area contributed by atoms with E-state index in [9.17, 15) is 4.79 Å². The van der Waals surface area contributed by atoms with E-state index in [0.717, 1.165) is 5.56 Å². The van der Waals surface area contributed by atoms with Crippen molar-refractivity contribution < 1.29 is 4.79 Å². The monoisotopic (exact) mass is 247 g/mol. The highest BCUT2D eigenvalue weighted by molar-refractivity contribution is 9.10. The molecule has 12 heavy (non-hydrogen) atoms. The average Bonchev–Trinajstić information content (AvgIpc) is 1.96. The normalized spacial score (nSPS) is 9.92. The maximum absolute atomic E-state index is 10.8. The minimum atomic E-state index is -0.440. The minimum absolute atomic E-state index is 0.440. The van der Waals surface area contributed by atoms with E-state index in [2.05, 4.69) is 15.9 Å². The highest BCUT2D eigenvalue weighted by Crippen LogP contribution is 2.25. The first kappa shape index (κ1) is 9.55. The van der Waals surface area contributed by atoms with Crippen molar-refractivity contribution >= 4 is 33.4 Å². The molecule has 1 rings (SSSR count). The molecule has 2 nitrogen and oxygen atoms in total. The van der Waals surface area contributed by atoms with Crippen molar-refractivity contribution in [2.45, 2.75) is 6.92 Å². The van der Waals surface area contributed by atoms with Crippen molar-refractivity contribution in [3.63, 3.8) is 0 Å². The third-order valence-corrected chi connectivity index (χ3v) is 2.73. The average molecular weight is 249 g/mol. The number of hydrogen-bond donors (Lipinski definition) is 1. The largest absolute Gasteiger partial charge is 0.366 e. The van der Waals surface area contributed by atoms with Gasteiger partial charge >= 0.3 is 0 Å². The van der Waals surface area contributed by atoms with Gasteiger partial charge in [0.05, 0.1) is 5.02 Å². The van der Waals surface area contributed by atoms with Crippen molar-refractivity contribution in [2.24, 2.45) is 5.73 Å². The molecule has 0 radical (unpaired) electrons. The smallest absolute Gasteiger partial charge is 0.249 e. The number of halogens is 2. The number of primary amides is 1. The van der Waals surface area contributed by atoms with Crippen LogP contribution >= 0.6 is 27.5 Å². The Morgan fingerprint density at radius 2 is 2.17 bits per heavy atom. The molecule has 0 fully saturated rings. The zero-order chi connectivity index (χ0) is 9.30. The standard InChI is InChI=1S/C8H7BrClNO/c1-4-2-7(10)6(9)3-5(4)8(11)12/h2-3H,1H3,(H2,11,12). The van der Waals surface area contributed by atoms with Gasteiger partial charge in [0.25, 0.3) is 0 Å². The Hall–Kier alpha value is -0.540. The third-order valence-electron chi connectivity index (χ3n) is 1.53. The SMILES string of the molecule is Cc1cc(Cl)c(Br)cc1C(N)=O. The van der Waals surface area contributed by atoms with Crippen LogP contribution in [0.4, 0.5) is 0 Å². The van der Waals surface area contributed by atoms with Gasteiger partial charge in [-0.1, -0.05) is 11.6 Å². The van der Waals surface area contributed by atoms with E-state index >= 15 is 0 Å². The Morgan fingerprint density at radius 3 is 2.67 bits per heavy atom. The second-order valence-electron chi connectivity index (χ2n) is 2.45. The van der Waals surface area contributed by atoms with Crippen LogP contribution in [0.1, 0.15) is 15.9 Å². The summed E-state index contributed by atoms with van der Waals surface area (Å²) in [7, 11) is 0. The minimum Gasteiger partial charge on any atom is -0.366 e. The number of aryl methyl sites for hydroxylation is 1. The summed E-state index contributed by atoms with van der Waals surface area (Å²) in [5, 5.41) is 0.581. The van der Waals surface area contributed by atoms with Crippen molar-refractivity contribution in [1.82, 2.24) is 0 Å². The van der Waals surface area contributed by atoms with Gasteiger partial charge < -0.3 is 5.73 Å². The van der Waals surface area contributed by atoms with E-state index < -0.39 is 5.91 Å². The molecule has 0 saturated carbocycles. The van der Waals surface area contributed by atoms with Gasteiger partial charge in [-0.05, 0) is 40.5 Å². The summed E-state index contributed by atoms with van der Waals surface area (Å²) in [5.74, 6) is -0.440. The summed E-state index contributed by atoms with van der Waals surface area (Å²) in [5.41, 5.74) is 6.41. The summed E-state index contributed by atoms with van der Waals surface area (Å²) in [6.45, 7) is 1.79. The predicted molar refractivity (Wildman–Crippen MR) is 52.4 cm³/mol. The van der Waals surface area contributed by atoms with E-state index in [1.807, 2.05) is 0 Å². The summed E-state index contributed by atoms with van der Waals surface area (Å²) in [6, 6.07) is 3.33. The molecule has 1 aromatic carbocycles. The molecule has 0 aromatic heterocycles. The molecule has 0 aliphatic carbocycles. The Morgan fingerprint density at radius 1 is 1.58 bits per heavy atom. The Bertz CT molecular complexity index is 338. The highest BCUT2D eigenvalue weighted by Gasteiger charge is 2.07. The van der Waals surface area contributed by atoms with Crippen molar-refractivity contribution in [2.75, 3.05) is 0 Å². The van der Waals surface area contributed by atoms with Crippen molar-refractivity contribution in [1.29, 1.82) is 0 Å². The fraction of sp³-hybridized carbons (Fsp3) is 0.125. The first-order chi connectivity index (χ1) is 5.52. The quantitative estimate of drug-likeness (QED) is 0.815. The van der Waals surface area contributed by atoms with Gasteiger partial charge in [0.1, 0.15) is 0 Å². The van der Waals surface area contributed by atoms with Crippen LogP contribution in [0, 0.1) is 6.92 Å². The molecule has 0 saturated heterocycles. The highest BCUT2D eigenvalue weighted by atomic mass is 79.9. The summed E-state index contributed by atoms with van der Waals surface area (Å²) in [6.07, 6.45) is 0. The summed E-state index contributed by atoms with van der Waals surface area (Å²) < 4.78 is 0.684. The molecule has 0 aliphatic rings. The first-order valence-electron chi connectivity index (χ1n) is 3.28.